The molecule has 1 aliphatic rings. The van der Waals surface area contributed by atoms with Gasteiger partial charge in [0.2, 0.25) is 0 Å². The van der Waals surface area contributed by atoms with E-state index in [2.05, 4.69) is 45.0 Å². The fraction of sp³-hybridized carbons (Fsp3) is 0.471. The van der Waals surface area contributed by atoms with Crippen molar-refractivity contribution in [1.82, 2.24) is 9.78 Å². The Morgan fingerprint density at radius 1 is 1.14 bits per heavy atom. The van der Waals surface area contributed by atoms with Gasteiger partial charge in [-0.25, -0.2) is 0 Å². The van der Waals surface area contributed by atoms with Gasteiger partial charge in [-0.15, -0.1) is 0 Å². The van der Waals surface area contributed by atoms with Crippen LogP contribution in [-0.4, -0.2) is 9.78 Å². The quantitative estimate of drug-likeness (QED) is 0.890. The van der Waals surface area contributed by atoms with Gasteiger partial charge in [0.05, 0.1) is 11.7 Å². The molecule has 1 heterocycles. The molecule has 2 aromatic rings. The molecule has 4 heteroatoms. The van der Waals surface area contributed by atoms with Crippen LogP contribution in [0, 0.1) is 0 Å². The van der Waals surface area contributed by atoms with Crippen LogP contribution < -0.4 is 5.73 Å². The maximum Gasteiger partial charge on any atom is 0.0643 e. The van der Waals surface area contributed by atoms with E-state index < -0.39 is 0 Å². The molecule has 3 nitrogen and oxygen atoms in total. The smallest absolute Gasteiger partial charge is 0.0643 e. The number of hydrogen-bond acceptors (Lipinski definition) is 2. The molecule has 1 aromatic heterocycles. The number of hydrogen-bond donors (Lipinski definition) is 1. The summed E-state index contributed by atoms with van der Waals surface area (Å²) >= 11 is 3.45. The highest BCUT2D eigenvalue weighted by molar-refractivity contribution is 9.10. The molecular weight excluding hydrogens is 326 g/mol. The monoisotopic (exact) mass is 347 g/mol. The normalized spacial score (nSPS) is 17.8. The molecule has 112 valence electrons. The van der Waals surface area contributed by atoms with Crippen LogP contribution in [0.1, 0.15) is 55.4 Å². The number of halogens is 1. The third kappa shape index (κ3) is 3.74. The van der Waals surface area contributed by atoms with E-state index >= 15 is 0 Å². The first-order chi connectivity index (χ1) is 10.2. The molecule has 1 atom stereocenters. The largest absolute Gasteiger partial charge is 0.324 e. The van der Waals surface area contributed by atoms with Gasteiger partial charge in [-0.1, -0.05) is 47.3 Å². The number of nitrogens with zero attached hydrogens (tertiary/aromatic N) is 2. The Kier molecular flexibility index (Phi) is 4.76. The first-order valence-corrected chi connectivity index (χ1v) is 8.57. The minimum Gasteiger partial charge on any atom is -0.324 e. The lowest BCUT2D eigenvalue weighted by Crippen LogP contribution is -2.16. The van der Waals surface area contributed by atoms with E-state index in [1.807, 2.05) is 12.1 Å². The zero-order valence-corrected chi connectivity index (χ0v) is 13.8. The Bertz CT molecular complexity index is 570. The molecule has 1 saturated carbocycles. The van der Waals surface area contributed by atoms with Crippen molar-refractivity contribution in [3.05, 3.63) is 52.3 Å². The number of nitrogens with two attached hydrogens (primary N) is 1. The molecule has 1 fully saturated rings. The van der Waals surface area contributed by atoms with E-state index in [-0.39, 0.29) is 6.04 Å². The van der Waals surface area contributed by atoms with Crippen molar-refractivity contribution in [2.75, 3.05) is 0 Å². The van der Waals surface area contributed by atoms with E-state index in [4.69, 9.17) is 10.8 Å². The van der Waals surface area contributed by atoms with Crippen LogP contribution in [-0.2, 0) is 6.42 Å². The van der Waals surface area contributed by atoms with Gasteiger partial charge in [-0.05, 0) is 36.6 Å². The molecule has 1 unspecified atom stereocenters. The predicted octanol–water partition coefficient (Wildman–Crippen LogP) is 4.39. The van der Waals surface area contributed by atoms with Crippen molar-refractivity contribution in [3.63, 3.8) is 0 Å². The summed E-state index contributed by atoms with van der Waals surface area (Å²) in [5.41, 5.74) is 8.55. The maximum atomic E-state index is 6.30. The third-order valence-corrected chi connectivity index (χ3v) is 4.87. The number of rotatable bonds is 4. The lowest BCUT2D eigenvalue weighted by molar-refractivity contribution is 0.328. The minimum absolute atomic E-state index is 0.00723. The van der Waals surface area contributed by atoms with Crippen LogP contribution in [0.4, 0.5) is 0 Å². The molecule has 0 bridgehead atoms. The molecule has 0 spiro atoms. The van der Waals surface area contributed by atoms with Crippen LogP contribution in [0.5, 0.6) is 0 Å². The van der Waals surface area contributed by atoms with Crippen molar-refractivity contribution in [2.45, 2.75) is 50.6 Å². The Balaban J connectivity index is 1.64. The number of aromatic nitrogens is 2. The summed E-state index contributed by atoms with van der Waals surface area (Å²) in [4.78, 5) is 0. The zero-order chi connectivity index (χ0) is 14.7. The first kappa shape index (κ1) is 14.8. The highest BCUT2D eigenvalue weighted by Gasteiger charge is 2.17. The first-order valence-electron chi connectivity index (χ1n) is 7.77. The molecule has 0 aliphatic heterocycles. The molecule has 1 aliphatic carbocycles. The van der Waals surface area contributed by atoms with Crippen molar-refractivity contribution in [2.24, 2.45) is 5.73 Å². The molecule has 0 amide bonds. The van der Waals surface area contributed by atoms with Gasteiger partial charge in [-0.3, -0.25) is 4.68 Å². The second-order valence-corrected chi connectivity index (χ2v) is 6.86. The van der Waals surface area contributed by atoms with Crippen LogP contribution in [0.25, 0.3) is 0 Å². The second kappa shape index (κ2) is 6.75. The van der Waals surface area contributed by atoms with Gasteiger partial charge >= 0.3 is 0 Å². The third-order valence-electron chi connectivity index (χ3n) is 4.34. The maximum absolute atomic E-state index is 6.30. The van der Waals surface area contributed by atoms with Gasteiger partial charge in [0.25, 0.3) is 0 Å². The van der Waals surface area contributed by atoms with Gasteiger partial charge in [-0.2, -0.15) is 5.10 Å². The lowest BCUT2D eigenvalue weighted by Gasteiger charge is -2.21. The lowest BCUT2D eigenvalue weighted by atomic mass is 9.96. The Morgan fingerprint density at radius 3 is 2.57 bits per heavy atom. The van der Waals surface area contributed by atoms with E-state index in [0.717, 1.165) is 22.2 Å². The van der Waals surface area contributed by atoms with Crippen LogP contribution >= 0.6 is 15.9 Å². The van der Waals surface area contributed by atoms with E-state index in [1.54, 1.807) is 0 Å². The summed E-state index contributed by atoms with van der Waals surface area (Å²) in [5.74, 6) is 0. The van der Waals surface area contributed by atoms with Crippen molar-refractivity contribution < 1.29 is 0 Å². The summed E-state index contributed by atoms with van der Waals surface area (Å²) in [5, 5.41) is 4.74. The Morgan fingerprint density at radius 2 is 1.86 bits per heavy atom. The van der Waals surface area contributed by atoms with Crippen molar-refractivity contribution in [3.8, 4) is 0 Å². The molecular formula is C17H22BrN3. The van der Waals surface area contributed by atoms with Crippen molar-refractivity contribution in [1.29, 1.82) is 0 Å². The van der Waals surface area contributed by atoms with Crippen LogP contribution in [0.3, 0.4) is 0 Å². The second-order valence-electron chi connectivity index (χ2n) is 5.94. The fourth-order valence-corrected chi connectivity index (χ4v) is 3.35. The van der Waals surface area contributed by atoms with Crippen molar-refractivity contribution >= 4 is 15.9 Å². The topological polar surface area (TPSA) is 43.8 Å². The van der Waals surface area contributed by atoms with E-state index in [1.165, 1.54) is 32.1 Å². The summed E-state index contributed by atoms with van der Waals surface area (Å²) < 4.78 is 3.24. The van der Waals surface area contributed by atoms with Gasteiger partial charge in [0.15, 0.2) is 0 Å². The molecule has 0 saturated heterocycles. The SMILES string of the molecule is NC(Cc1ccn(C2CCCCC2)n1)c1ccc(Br)cc1. The van der Waals surface area contributed by atoms with Gasteiger partial charge in [0.1, 0.15) is 0 Å². The average Bonchev–Trinajstić information content (AvgIpc) is 2.97. The summed E-state index contributed by atoms with van der Waals surface area (Å²) in [6, 6.07) is 10.9. The van der Waals surface area contributed by atoms with E-state index in [0.29, 0.717) is 6.04 Å². The molecule has 1 aromatic carbocycles. The average molecular weight is 348 g/mol. The fourth-order valence-electron chi connectivity index (χ4n) is 3.09. The highest BCUT2D eigenvalue weighted by atomic mass is 79.9. The van der Waals surface area contributed by atoms with E-state index in [9.17, 15) is 0 Å². The molecule has 3 rings (SSSR count). The standard InChI is InChI=1S/C17H22BrN3/c18-14-8-6-13(7-9-14)17(19)12-15-10-11-21(20-15)16-4-2-1-3-5-16/h6-11,16-17H,1-5,12,19H2. The zero-order valence-electron chi connectivity index (χ0n) is 12.2. The number of benzene rings is 1. The summed E-state index contributed by atoms with van der Waals surface area (Å²) in [7, 11) is 0. The minimum atomic E-state index is 0.00723. The molecule has 0 radical (unpaired) electrons. The summed E-state index contributed by atoms with van der Waals surface area (Å²) in [6.07, 6.45) is 9.48. The predicted molar refractivity (Wildman–Crippen MR) is 89.1 cm³/mol. The molecule has 2 N–H and O–H groups in total. The highest BCUT2D eigenvalue weighted by Crippen LogP contribution is 2.27. The summed E-state index contributed by atoms with van der Waals surface area (Å²) in [6.45, 7) is 0. The van der Waals surface area contributed by atoms with Gasteiger partial charge in [0, 0.05) is 23.1 Å². The van der Waals surface area contributed by atoms with Crippen LogP contribution in [0.2, 0.25) is 0 Å². The Hall–Kier alpha value is -1.13. The van der Waals surface area contributed by atoms with Gasteiger partial charge < -0.3 is 5.73 Å². The van der Waals surface area contributed by atoms with Crippen LogP contribution in [0.15, 0.2) is 41.0 Å². The Labute approximate surface area is 134 Å². The molecule has 21 heavy (non-hydrogen) atoms.